The van der Waals surface area contributed by atoms with Gasteiger partial charge in [0.2, 0.25) is 6.10 Å². The zero-order valence-corrected chi connectivity index (χ0v) is 23.9. The molecule has 2 aromatic heterocycles. The van der Waals surface area contributed by atoms with Gasteiger partial charge in [-0.25, -0.2) is 14.6 Å². The molecule has 18 heteroatoms. The molecule has 15 nitrogen and oxygen atoms in total. The van der Waals surface area contributed by atoms with E-state index in [2.05, 4.69) is 20.4 Å². The average Bonchev–Trinajstić information content (AvgIpc) is 3.65. The van der Waals surface area contributed by atoms with Crippen molar-refractivity contribution in [3.63, 3.8) is 0 Å². The smallest absolute Gasteiger partial charge is 0.352 e. The number of nitrogens with two attached hydrogens (primary N) is 1. The number of oxime groups is 1. The number of phenolic OH excluding ortho intramolecular Hbond substituents is 2. The molecule has 0 saturated carbocycles. The van der Waals surface area contributed by atoms with Gasteiger partial charge < -0.3 is 36.3 Å². The van der Waals surface area contributed by atoms with Crippen LogP contribution in [0.1, 0.15) is 22.2 Å². The van der Waals surface area contributed by atoms with E-state index in [4.69, 9.17) is 10.6 Å². The number of benzene rings is 1. The summed E-state index contributed by atoms with van der Waals surface area (Å²) < 4.78 is 0. The van der Waals surface area contributed by atoms with Crippen LogP contribution in [0.15, 0.2) is 57.8 Å². The fraction of sp³-hybridized carbons (Fsp3) is 0.160. The second-order valence-corrected chi connectivity index (χ2v) is 11.8. The summed E-state index contributed by atoms with van der Waals surface area (Å²) in [6.07, 6.45) is 3.13. The number of phenols is 2. The number of nitrogen functional groups attached to an aromatic ring is 1. The molecule has 2 amide bonds. The zero-order valence-electron chi connectivity index (χ0n) is 21.5. The van der Waals surface area contributed by atoms with Crippen LogP contribution in [0.25, 0.3) is 6.08 Å². The van der Waals surface area contributed by atoms with Crippen LogP contribution in [-0.4, -0.2) is 81.9 Å². The summed E-state index contributed by atoms with van der Waals surface area (Å²) in [5.74, 6) is -5.31. The van der Waals surface area contributed by atoms with E-state index in [1.54, 1.807) is 23.9 Å². The van der Waals surface area contributed by atoms with Crippen molar-refractivity contribution in [2.24, 2.45) is 5.16 Å². The average molecular weight is 645 g/mol. The zero-order chi connectivity index (χ0) is 30.8. The van der Waals surface area contributed by atoms with Crippen molar-refractivity contribution < 1.29 is 44.4 Å². The SMILES string of the molecule is Nc1nc(/C(=N/OC(C(=O)O)c2ccc(O)c(O)c2)C(=O)N[C@@H]2C(=O)N3C(C(=O)O)=C(C=Cc4cncs4)CS[C@@H]23)cs1. The highest BCUT2D eigenvalue weighted by atomic mass is 32.2. The van der Waals surface area contributed by atoms with Crippen molar-refractivity contribution in [3.8, 4) is 11.5 Å². The number of aliphatic carboxylic acids is 2. The van der Waals surface area contributed by atoms with Crippen molar-refractivity contribution >= 4 is 75.1 Å². The third-order valence-corrected chi connectivity index (χ3v) is 8.86. The third kappa shape index (κ3) is 6.01. The lowest BCUT2D eigenvalue weighted by molar-refractivity contribution is -0.151. The first-order chi connectivity index (χ1) is 20.5. The Labute approximate surface area is 253 Å². The molecule has 2 aliphatic heterocycles. The van der Waals surface area contributed by atoms with Gasteiger partial charge in [-0.3, -0.25) is 19.5 Å². The van der Waals surface area contributed by atoms with E-state index in [9.17, 15) is 39.6 Å². The number of aromatic hydroxyl groups is 2. The number of anilines is 1. The van der Waals surface area contributed by atoms with Gasteiger partial charge in [-0.15, -0.1) is 34.4 Å². The number of hydrogen-bond donors (Lipinski definition) is 6. The molecule has 1 saturated heterocycles. The van der Waals surface area contributed by atoms with E-state index < -0.39 is 58.5 Å². The van der Waals surface area contributed by atoms with Gasteiger partial charge in [0.05, 0.1) is 5.51 Å². The van der Waals surface area contributed by atoms with E-state index in [0.717, 1.165) is 33.2 Å². The highest BCUT2D eigenvalue weighted by Gasteiger charge is 2.54. The Bertz CT molecular complexity index is 1700. The topological polar surface area (TPSA) is 238 Å². The van der Waals surface area contributed by atoms with Crippen molar-refractivity contribution in [1.29, 1.82) is 0 Å². The Morgan fingerprint density at radius 2 is 1.98 bits per heavy atom. The van der Waals surface area contributed by atoms with Crippen molar-refractivity contribution in [1.82, 2.24) is 20.2 Å². The van der Waals surface area contributed by atoms with Gasteiger partial charge in [0.1, 0.15) is 22.8 Å². The van der Waals surface area contributed by atoms with E-state index >= 15 is 0 Å². The van der Waals surface area contributed by atoms with E-state index in [0.29, 0.717) is 5.57 Å². The van der Waals surface area contributed by atoms with Crippen LogP contribution < -0.4 is 11.1 Å². The molecule has 4 heterocycles. The maximum absolute atomic E-state index is 13.4. The normalized spacial score (nSPS) is 19.1. The maximum Gasteiger partial charge on any atom is 0.352 e. The summed E-state index contributed by atoms with van der Waals surface area (Å²) in [5.41, 5.74) is 6.87. The first-order valence-electron chi connectivity index (χ1n) is 12.0. The van der Waals surface area contributed by atoms with Gasteiger partial charge in [0.15, 0.2) is 22.3 Å². The molecule has 2 aliphatic rings. The minimum Gasteiger partial charge on any atom is -0.504 e. The Morgan fingerprint density at radius 1 is 1.19 bits per heavy atom. The number of fused-ring (bicyclic) bond motifs is 1. The number of nitrogens with zero attached hydrogens (tertiary/aromatic N) is 4. The molecular formula is C25H20N6O9S3. The van der Waals surface area contributed by atoms with Crippen LogP contribution in [0.3, 0.4) is 0 Å². The fourth-order valence-corrected chi connectivity index (χ4v) is 6.51. The fourth-order valence-electron chi connectivity index (χ4n) is 4.13. The summed E-state index contributed by atoms with van der Waals surface area (Å²) in [6, 6.07) is 2.06. The lowest BCUT2D eigenvalue weighted by Crippen LogP contribution is -2.71. The van der Waals surface area contributed by atoms with Crippen LogP contribution >= 0.6 is 34.4 Å². The van der Waals surface area contributed by atoms with Gasteiger partial charge in [0, 0.05) is 27.8 Å². The molecule has 1 fully saturated rings. The number of carbonyl (C=O) groups is 4. The second kappa shape index (κ2) is 12.1. The molecular weight excluding hydrogens is 625 g/mol. The predicted molar refractivity (Wildman–Crippen MR) is 155 cm³/mol. The molecule has 7 N–H and O–H groups in total. The Morgan fingerprint density at radius 3 is 2.60 bits per heavy atom. The van der Waals surface area contributed by atoms with Gasteiger partial charge in [-0.2, -0.15) is 0 Å². The summed E-state index contributed by atoms with van der Waals surface area (Å²) in [7, 11) is 0. The Kier molecular flexibility index (Phi) is 8.33. The molecule has 222 valence electrons. The molecule has 0 aliphatic carbocycles. The van der Waals surface area contributed by atoms with Crippen LogP contribution in [0.5, 0.6) is 11.5 Å². The van der Waals surface area contributed by atoms with Crippen LogP contribution in [0.4, 0.5) is 5.13 Å². The number of β-lactam (4-membered cyclic amide) rings is 1. The molecule has 43 heavy (non-hydrogen) atoms. The minimum atomic E-state index is -1.81. The van der Waals surface area contributed by atoms with Gasteiger partial charge in [0.25, 0.3) is 11.8 Å². The number of nitrogens with one attached hydrogen (secondary N) is 1. The highest BCUT2D eigenvalue weighted by Crippen LogP contribution is 2.41. The van der Waals surface area contributed by atoms with Crippen molar-refractivity contribution in [3.05, 3.63) is 68.8 Å². The molecule has 3 atom stereocenters. The molecule has 0 bridgehead atoms. The van der Waals surface area contributed by atoms with Crippen molar-refractivity contribution in [2.45, 2.75) is 17.5 Å². The monoisotopic (exact) mass is 644 g/mol. The van der Waals surface area contributed by atoms with Gasteiger partial charge in [-0.1, -0.05) is 17.3 Å². The van der Waals surface area contributed by atoms with Crippen molar-refractivity contribution in [2.75, 3.05) is 11.5 Å². The standard InChI is InChI=1S/C25H20N6O9S3/c26-25-28-13(8-42-25)16(30-40-19(24(38)39)10-2-4-14(32)15(33)5-10)20(34)29-17-21(35)31-18(23(36)37)11(7-41-22(17)31)1-3-12-6-27-9-43-12/h1-6,8-9,17,19,22,32-33H,7H2,(H2,26,28)(H,29,34)(H,36,37)(H,38,39)/b3-1?,30-16-/t17-,19?,22+/m1/s1. The number of carboxylic acid groups (broad SMARTS) is 2. The van der Waals surface area contributed by atoms with Crippen LogP contribution in [-0.2, 0) is 24.0 Å². The number of rotatable bonds is 10. The van der Waals surface area contributed by atoms with E-state index in [-0.39, 0.29) is 27.8 Å². The molecule has 0 radical (unpaired) electrons. The van der Waals surface area contributed by atoms with E-state index in [1.165, 1.54) is 34.5 Å². The number of allylic oxidation sites excluding steroid dienone is 1. The Balaban J connectivity index is 1.38. The summed E-state index contributed by atoms with van der Waals surface area (Å²) in [4.78, 5) is 65.6. The number of aromatic nitrogens is 2. The first-order valence-corrected chi connectivity index (χ1v) is 14.8. The largest absolute Gasteiger partial charge is 0.504 e. The second-order valence-electron chi connectivity index (χ2n) is 8.86. The quantitative estimate of drug-likeness (QED) is 0.0797. The van der Waals surface area contributed by atoms with E-state index in [1.807, 2.05) is 0 Å². The summed E-state index contributed by atoms with van der Waals surface area (Å²) in [6.45, 7) is 0. The van der Waals surface area contributed by atoms with Gasteiger partial charge >= 0.3 is 11.9 Å². The van der Waals surface area contributed by atoms with Crippen LogP contribution in [0, 0.1) is 0 Å². The molecule has 1 unspecified atom stereocenters. The highest BCUT2D eigenvalue weighted by molar-refractivity contribution is 8.00. The van der Waals surface area contributed by atoms with Gasteiger partial charge in [-0.05, 0) is 23.8 Å². The number of hydrogen-bond acceptors (Lipinski definition) is 14. The third-order valence-electron chi connectivity index (χ3n) is 6.14. The summed E-state index contributed by atoms with van der Waals surface area (Å²) in [5, 5.41) is 45.8. The number of amides is 2. The first kappa shape index (κ1) is 29.5. The lowest BCUT2D eigenvalue weighted by atomic mass is 10.0. The Hall–Kier alpha value is -4.94. The number of thiazole rings is 2. The summed E-state index contributed by atoms with van der Waals surface area (Å²) >= 11 is 3.58. The number of thioether (sulfide) groups is 1. The molecule has 1 aromatic carbocycles. The predicted octanol–water partition coefficient (Wildman–Crippen LogP) is 1.59. The number of carbonyl (C=O) groups excluding carboxylic acids is 2. The lowest BCUT2D eigenvalue weighted by Gasteiger charge is -2.49. The van der Waals surface area contributed by atoms with Crippen LogP contribution in [0.2, 0.25) is 0 Å². The molecule has 3 aromatic rings. The number of carboxylic acids is 2. The molecule has 5 rings (SSSR count). The molecule has 0 spiro atoms. The maximum atomic E-state index is 13.4. The minimum absolute atomic E-state index is 0.0672.